The van der Waals surface area contributed by atoms with Gasteiger partial charge in [-0.15, -0.1) is 0 Å². The first-order valence-electron chi connectivity index (χ1n) is 7.58. The minimum absolute atomic E-state index is 0. The Morgan fingerprint density at radius 1 is 0.773 bits per heavy atom. The molecule has 0 heterocycles. The van der Waals surface area contributed by atoms with Crippen LogP contribution in [0.1, 0.15) is 79.0 Å². The van der Waals surface area contributed by atoms with E-state index in [1.165, 1.54) is 16.7 Å². The molecule has 0 fully saturated rings. The summed E-state index contributed by atoms with van der Waals surface area (Å²) in [6.45, 7) is 20.2. The van der Waals surface area contributed by atoms with E-state index < -0.39 is 0 Å². The van der Waals surface area contributed by atoms with Crippen LogP contribution in [0.3, 0.4) is 0 Å². The molecule has 0 saturated carbocycles. The fourth-order valence-corrected chi connectivity index (χ4v) is 2.48. The van der Waals surface area contributed by atoms with E-state index in [-0.39, 0.29) is 85.1 Å². The van der Waals surface area contributed by atoms with Crippen LogP contribution in [-0.4, -0.2) is 0 Å². The summed E-state index contributed by atoms with van der Waals surface area (Å²) in [6, 6.07) is 4.61. The topological polar surface area (TPSA) is 14.1 Å². The molecule has 0 aliphatic carbocycles. The van der Waals surface area contributed by atoms with E-state index in [1.807, 2.05) is 0 Å². The van der Waals surface area contributed by atoms with E-state index in [4.69, 9.17) is 0 Å². The summed E-state index contributed by atoms with van der Waals surface area (Å²) in [5.41, 5.74) is 5.10. The van der Waals surface area contributed by atoms with Gasteiger partial charge in [-0.2, -0.15) is 0 Å². The van der Waals surface area contributed by atoms with Gasteiger partial charge >= 0.3 is 202 Å². The minimum atomic E-state index is 0. The van der Waals surface area contributed by atoms with Gasteiger partial charge in [0.05, 0.1) is 0 Å². The predicted molar refractivity (Wildman–Crippen MR) is 96.4 cm³/mol. The van der Waals surface area contributed by atoms with E-state index in [2.05, 4.69) is 94.2 Å². The van der Waals surface area contributed by atoms with Gasteiger partial charge in [-0.25, -0.2) is 0 Å². The summed E-state index contributed by atoms with van der Waals surface area (Å²) in [6.07, 6.45) is 0. The summed E-state index contributed by atoms with van der Waals surface area (Å²) in [7, 11) is 4.08. The fraction of sp³-hybridized carbons (Fsp3) is 0.632. The normalized spacial score (nSPS) is 12.4. The van der Waals surface area contributed by atoms with Crippen LogP contribution in [0.25, 0.3) is 5.32 Å². The molecule has 3 heteroatoms. The van der Waals surface area contributed by atoms with Crippen LogP contribution in [0.5, 0.6) is 0 Å². The molecule has 116 valence electrons. The Kier molecular flexibility index (Phi) is 8.58. The molecule has 0 saturated heterocycles. The molecular weight excluding hydrogens is 406 g/mol. The summed E-state index contributed by atoms with van der Waals surface area (Å²) in [5, 5.41) is 4.48. The molecule has 0 aromatic heterocycles. The van der Waals surface area contributed by atoms with Gasteiger partial charge in [0.2, 0.25) is 0 Å². The minimum Gasteiger partial charge on any atom is 1.00 e. The zero-order valence-corrected chi connectivity index (χ0v) is 23.2. The van der Waals surface area contributed by atoms with Gasteiger partial charge in [-0.05, 0) is 0 Å². The summed E-state index contributed by atoms with van der Waals surface area (Å²) >= 11 is 0. The van der Waals surface area contributed by atoms with Gasteiger partial charge in [0.25, 0.3) is 0 Å². The van der Waals surface area contributed by atoms with Crippen molar-refractivity contribution < 1.29 is 68.9 Å². The van der Waals surface area contributed by atoms with E-state index in [0.29, 0.717) is 0 Å². The van der Waals surface area contributed by atoms with Crippen LogP contribution in [0.4, 0.5) is 5.69 Å². The molecule has 0 aliphatic rings. The van der Waals surface area contributed by atoms with E-state index in [1.54, 1.807) is 0 Å². The maximum absolute atomic E-state index is 4.48. The third-order valence-electron chi connectivity index (χ3n) is 3.75. The average molecular weight is 435 g/mol. The molecule has 1 rings (SSSR count). The van der Waals surface area contributed by atoms with Crippen LogP contribution in [0.2, 0.25) is 0 Å². The molecule has 0 atom stereocenters. The maximum Gasteiger partial charge on any atom is 1.00 e. The van der Waals surface area contributed by atoms with Crippen molar-refractivity contribution in [1.82, 2.24) is 0 Å². The standard InChI is InChI=1S/C19H29NP.Cs/c1-17(2,3)13-10-14(18(4,5)6)16(20-12-21)15(11-13)19(7,8)9;/h10-11H,1-9H3;/q-1;+1. The molecule has 0 N–H and O–H groups in total. The molecule has 0 bridgehead atoms. The van der Waals surface area contributed by atoms with Crippen molar-refractivity contribution in [2.24, 2.45) is 0 Å². The van der Waals surface area contributed by atoms with Crippen LogP contribution >= 0.6 is 8.70 Å². The number of benzene rings is 1. The van der Waals surface area contributed by atoms with Gasteiger partial charge in [-0.3, -0.25) is 0 Å². The van der Waals surface area contributed by atoms with Gasteiger partial charge in [0, 0.05) is 0 Å². The zero-order valence-electron chi connectivity index (χ0n) is 16.0. The van der Waals surface area contributed by atoms with Crippen molar-refractivity contribution >= 4 is 14.4 Å². The van der Waals surface area contributed by atoms with Crippen molar-refractivity contribution in [2.75, 3.05) is 0 Å². The molecule has 0 radical (unpaired) electrons. The second-order valence-corrected chi connectivity index (χ2v) is 9.08. The van der Waals surface area contributed by atoms with Crippen molar-refractivity contribution in [2.45, 2.75) is 78.6 Å². The number of hydrogen-bond acceptors (Lipinski definition) is 0. The summed E-state index contributed by atoms with van der Waals surface area (Å²) in [4.78, 5) is 0. The van der Waals surface area contributed by atoms with Gasteiger partial charge in [0.15, 0.2) is 0 Å². The second-order valence-electron chi connectivity index (χ2n) is 8.88. The Morgan fingerprint density at radius 3 is 1.36 bits per heavy atom. The van der Waals surface area contributed by atoms with Gasteiger partial charge in [0.1, 0.15) is 0 Å². The molecule has 0 aliphatic heterocycles. The van der Waals surface area contributed by atoms with Gasteiger partial charge < -0.3 is 0 Å². The molecule has 1 aromatic carbocycles. The molecule has 22 heavy (non-hydrogen) atoms. The number of nitrogens with zero attached hydrogens (tertiary/aromatic N) is 1. The van der Waals surface area contributed by atoms with Crippen LogP contribution in [-0.2, 0) is 16.2 Å². The van der Waals surface area contributed by atoms with Crippen LogP contribution in [0.15, 0.2) is 12.1 Å². The first-order chi connectivity index (χ1) is 9.28. The third-order valence-corrected chi connectivity index (χ3v) is 3.85. The smallest absolute Gasteiger partial charge is 1.00 e. The summed E-state index contributed by atoms with van der Waals surface area (Å²) in [5.74, 6) is 2.69. The Bertz CT molecular complexity index is 528. The largest absolute Gasteiger partial charge is 1.00 e. The maximum atomic E-state index is 4.48. The van der Waals surface area contributed by atoms with Crippen molar-refractivity contribution in [3.05, 3.63) is 34.1 Å². The fourth-order valence-electron chi connectivity index (χ4n) is 2.38. The second kappa shape index (κ2) is 8.11. The molecule has 1 aromatic rings. The Balaban J connectivity index is 0.00000441. The van der Waals surface area contributed by atoms with E-state index in [0.717, 1.165) is 5.69 Å². The Hall–Kier alpha value is 1.28. The van der Waals surface area contributed by atoms with Crippen molar-refractivity contribution in [3.8, 4) is 5.75 Å². The quantitative estimate of drug-likeness (QED) is 0.594. The van der Waals surface area contributed by atoms with E-state index in [9.17, 15) is 0 Å². The van der Waals surface area contributed by atoms with Crippen molar-refractivity contribution in [3.63, 3.8) is 0 Å². The monoisotopic (exact) mass is 435 g/mol. The molecule has 0 unspecified atom stereocenters. The van der Waals surface area contributed by atoms with Crippen LogP contribution < -0.4 is 68.9 Å². The number of rotatable bonds is 1. The summed E-state index contributed by atoms with van der Waals surface area (Å²) < 4.78 is 0. The predicted octanol–water partition coefficient (Wildman–Crippen LogP) is 3.92. The van der Waals surface area contributed by atoms with Crippen LogP contribution in [0, 0.1) is 5.75 Å². The molecule has 1 nitrogen and oxygen atoms in total. The molecular formula is C19H29CsNP. The average Bonchev–Trinajstić information content (AvgIpc) is 2.24. The molecule has 0 amide bonds. The van der Waals surface area contributed by atoms with Gasteiger partial charge in [-0.1, -0.05) is 0 Å². The number of hydrogen-bond donors (Lipinski definition) is 0. The van der Waals surface area contributed by atoms with E-state index >= 15 is 0 Å². The zero-order chi connectivity index (χ0) is 16.6. The Labute approximate surface area is 198 Å². The first kappa shape index (κ1) is 23.3. The Morgan fingerprint density at radius 2 is 1.14 bits per heavy atom. The SMILES string of the molecule is CC(C)(C)c1cc(C(C)(C)C)c([N-]C#P)c(C(C)(C)C)c1.[Cs+]. The first-order valence-corrected chi connectivity index (χ1v) is 8.02. The molecule has 0 spiro atoms. The third kappa shape index (κ3) is 5.97. The van der Waals surface area contributed by atoms with Crippen molar-refractivity contribution in [1.29, 1.82) is 0 Å².